The van der Waals surface area contributed by atoms with Crippen LogP contribution in [0.1, 0.15) is 66.6 Å². The molecule has 0 saturated carbocycles. The van der Waals surface area contributed by atoms with Crippen molar-refractivity contribution in [2.75, 3.05) is 0 Å². The molecule has 0 fully saturated rings. The molecule has 0 amide bonds. The number of nitrogens with one attached hydrogen (secondary N) is 1. The summed E-state index contributed by atoms with van der Waals surface area (Å²) in [6.07, 6.45) is 3.90. The summed E-state index contributed by atoms with van der Waals surface area (Å²) in [5.41, 5.74) is 16.9. The Morgan fingerprint density at radius 1 is 0.464 bits per heavy atom. The number of hydrogen-bond donors (Lipinski definition) is 1. The van der Waals surface area contributed by atoms with Gasteiger partial charge in [-0.3, -0.25) is 4.99 Å². The molecule has 56 heavy (non-hydrogen) atoms. The third-order valence-electron chi connectivity index (χ3n) is 12.4. The molecule has 0 heterocycles. The van der Waals surface area contributed by atoms with Gasteiger partial charge in [-0.1, -0.05) is 185 Å². The molecule has 0 spiro atoms. The third kappa shape index (κ3) is 5.17. The van der Waals surface area contributed by atoms with Crippen LogP contribution < -0.4 is 0 Å². The van der Waals surface area contributed by atoms with Crippen LogP contribution in [0.25, 0.3) is 60.6 Å². The van der Waals surface area contributed by atoms with E-state index >= 15 is 0 Å². The van der Waals surface area contributed by atoms with Crippen LogP contribution in [0.4, 0.5) is 0 Å². The van der Waals surface area contributed by atoms with Gasteiger partial charge in [-0.2, -0.15) is 0 Å². The molecule has 1 N–H and O–H groups in total. The quantitative estimate of drug-likeness (QED) is 0.166. The van der Waals surface area contributed by atoms with E-state index in [1.165, 1.54) is 71.8 Å². The second-order valence-corrected chi connectivity index (χ2v) is 16.3. The minimum Gasteiger partial charge on any atom is -0.300 e. The van der Waals surface area contributed by atoms with E-state index in [1.54, 1.807) is 0 Å². The lowest BCUT2D eigenvalue weighted by molar-refractivity contribution is 0.660. The normalized spacial score (nSPS) is 14.8. The molecule has 2 heteroatoms. The molecule has 0 bridgehead atoms. The SMILES string of the molecule is CC1(C)c2ccccc2-c2ccc(/C(=C/C(=N)c3ccccc3)N=Cc3ccc(-c4cccc5c4C(C)(C)c4c-5ccc5ccccc45)c4ccccc34)cc21. The van der Waals surface area contributed by atoms with E-state index in [4.69, 9.17) is 10.4 Å². The first kappa shape index (κ1) is 33.9. The molecule has 2 nitrogen and oxygen atoms in total. The molecule has 8 aromatic carbocycles. The van der Waals surface area contributed by atoms with E-state index in [-0.39, 0.29) is 10.8 Å². The van der Waals surface area contributed by atoms with Gasteiger partial charge in [-0.25, -0.2) is 0 Å². The summed E-state index contributed by atoms with van der Waals surface area (Å²) in [7, 11) is 0. The first-order valence-electron chi connectivity index (χ1n) is 19.5. The molecule has 2 aliphatic carbocycles. The Bertz CT molecular complexity index is 2980. The summed E-state index contributed by atoms with van der Waals surface area (Å²) < 4.78 is 0. The zero-order chi connectivity index (χ0) is 38.2. The largest absolute Gasteiger partial charge is 0.300 e. The summed E-state index contributed by atoms with van der Waals surface area (Å²) in [4.78, 5) is 5.24. The van der Waals surface area contributed by atoms with Gasteiger partial charge in [0, 0.05) is 28.2 Å². The lowest BCUT2D eigenvalue weighted by atomic mass is 9.77. The number of fused-ring (bicyclic) bond motifs is 9. The summed E-state index contributed by atoms with van der Waals surface area (Å²) >= 11 is 0. The highest BCUT2D eigenvalue weighted by Gasteiger charge is 2.39. The van der Waals surface area contributed by atoms with E-state index < -0.39 is 0 Å². The fraction of sp³-hybridized carbons (Fsp3) is 0.111. The molecule has 10 rings (SSSR count). The van der Waals surface area contributed by atoms with Crippen LogP contribution in [0.15, 0.2) is 175 Å². The number of nitrogens with zero attached hydrogens (tertiary/aromatic N) is 1. The van der Waals surface area contributed by atoms with Gasteiger partial charge in [-0.15, -0.1) is 0 Å². The van der Waals surface area contributed by atoms with Gasteiger partial charge < -0.3 is 5.41 Å². The Morgan fingerprint density at radius 3 is 1.89 bits per heavy atom. The Kier molecular flexibility index (Phi) is 7.70. The Morgan fingerprint density at radius 2 is 1.07 bits per heavy atom. The summed E-state index contributed by atoms with van der Waals surface area (Å²) in [6.45, 7) is 9.38. The molecule has 0 aromatic heterocycles. The zero-order valence-electron chi connectivity index (χ0n) is 32.2. The lowest BCUT2D eigenvalue weighted by Crippen LogP contribution is -2.17. The van der Waals surface area contributed by atoms with Gasteiger partial charge >= 0.3 is 0 Å². The van der Waals surface area contributed by atoms with Crippen molar-refractivity contribution in [3.63, 3.8) is 0 Å². The van der Waals surface area contributed by atoms with Gasteiger partial charge in [0.2, 0.25) is 0 Å². The van der Waals surface area contributed by atoms with E-state index in [1.807, 2.05) is 42.6 Å². The highest BCUT2D eigenvalue weighted by atomic mass is 14.7. The van der Waals surface area contributed by atoms with Crippen molar-refractivity contribution in [2.45, 2.75) is 38.5 Å². The fourth-order valence-electron chi connectivity index (χ4n) is 9.67. The van der Waals surface area contributed by atoms with Crippen LogP contribution in [-0.2, 0) is 10.8 Å². The lowest BCUT2D eigenvalue weighted by Gasteiger charge is -2.26. The predicted molar refractivity (Wildman–Crippen MR) is 237 cm³/mol. The van der Waals surface area contributed by atoms with Gasteiger partial charge in [0.05, 0.1) is 11.4 Å². The van der Waals surface area contributed by atoms with E-state index in [0.29, 0.717) is 5.71 Å². The van der Waals surface area contributed by atoms with Crippen LogP contribution >= 0.6 is 0 Å². The van der Waals surface area contributed by atoms with Crippen molar-refractivity contribution in [3.05, 3.63) is 209 Å². The van der Waals surface area contributed by atoms with Crippen LogP contribution in [0, 0.1) is 5.41 Å². The summed E-state index contributed by atoms with van der Waals surface area (Å²) in [5, 5.41) is 14.1. The van der Waals surface area contributed by atoms with Gasteiger partial charge in [0.15, 0.2) is 0 Å². The Hall–Kier alpha value is -6.64. The molecule has 0 radical (unpaired) electrons. The monoisotopic (exact) mass is 718 g/mol. The molecule has 0 saturated heterocycles. The molecule has 0 aliphatic heterocycles. The first-order chi connectivity index (χ1) is 27.2. The second-order valence-electron chi connectivity index (χ2n) is 16.3. The summed E-state index contributed by atoms with van der Waals surface area (Å²) in [5.74, 6) is 0. The number of rotatable bonds is 6. The number of allylic oxidation sites excluding steroid dienone is 1. The van der Waals surface area contributed by atoms with Gasteiger partial charge in [-0.05, 0) is 94.9 Å². The third-order valence-corrected chi connectivity index (χ3v) is 12.4. The smallest absolute Gasteiger partial charge is 0.0723 e. The maximum Gasteiger partial charge on any atom is 0.0723 e. The molecule has 2 aliphatic rings. The van der Waals surface area contributed by atoms with Crippen molar-refractivity contribution >= 4 is 39.2 Å². The van der Waals surface area contributed by atoms with Crippen LogP contribution in [0.2, 0.25) is 0 Å². The highest BCUT2D eigenvalue weighted by molar-refractivity contribution is 6.12. The Balaban J connectivity index is 1.09. The fourth-order valence-corrected chi connectivity index (χ4v) is 9.67. The van der Waals surface area contributed by atoms with Crippen molar-refractivity contribution in [3.8, 4) is 33.4 Å². The maximum atomic E-state index is 9.12. The molecular weight excluding hydrogens is 677 g/mol. The van der Waals surface area contributed by atoms with E-state index in [9.17, 15) is 0 Å². The maximum absolute atomic E-state index is 9.12. The summed E-state index contributed by atoms with van der Waals surface area (Å²) in [6, 6.07) is 58.7. The zero-order valence-corrected chi connectivity index (χ0v) is 32.2. The van der Waals surface area contributed by atoms with Crippen molar-refractivity contribution in [1.29, 1.82) is 5.41 Å². The van der Waals surface area contributed by atoms with Gasteiger partial charge in [0.1, 0.15) is 0 Å². The number of aliphatic imine (C=N–C) groups is 1. The minimum atomic E-state index is -0.182. The number of hydrogen-bond acceptors (Lipinski definition) is 2. The highest BCUT2D eigenvalue weighted by Crippen LogP contribution is 2.55. The topological polar surface area (TPSA) is 36.2 Å². The molecular formula is C54H42N2. The predicted octanol–water partition coefficient (Wildman–Crippen LogP) is 13.8. The second kappa shape index (κ2) is 12.7. The average molecular weight is 719 g/mol. The van der Waals surface area contributed by atoms with E-state index in [0.717, 1.165) is 27.8 Å². The standard InChI is InChI=1S/C54H42N2/c1-53(2)47-24-13-12-21-42(47)43-29-26-36(31-48(43)53)50(32-49(55)35-16-6-5-7-17-35)56-33-37-27-28-41(40-20-11-10-18-38(37)40)44-22-14-23-45-46-30-25-34-15-8-9-19-39(34)51(46)54(3,4)52(44)45/h5-33,55H,1-4H3/b50-32-,55-49?,56-33?. The Labute approximate surface area is 329 Å². The molecule has 0 atom stereocenters. The van der Waals surface area contributed by atoms with Crippen molar-refractivity contribution in [2.24, 2.45) is 4.99 Å². The minimum absolute atomic E-state index is 0.142. The van der Waals surface area contributed by atoms with Crippen LogP contribution in [0.5, 0.6) is 0 Å². The molecule has 0 unspecified atom stereocenters. The van der Waals surface area contributed by atoms with Crippen molar-refractivity contribution in [1.82, 2.24) is 0 Å². The van der Waals surface area contributed by atoms with E-state index in [2.05, 4.69) is 161 Å². The first-order valence-corrected chi connectivity index (χ1v) is 19.5. The van der Waals surface area contributed by atoms with Crippen LogP contribution in [0.3, 0.4) is 0 Å². The average Bonchev–Trinajstić information content (AvgIpc) is 3.62. The van der Waals surface area contributed by atoms with Gasteiger partial charge in [0.25, 0.3) is 0 Å². The molecule has 268 valence electrons. The number of benzene rings is 8. The van der Waals surface area contributed by atoms with Crippen LogP contribution in [-0.4, -0.2) is 11.9 Å². The van der Waals surface area contributed by atoms with Crippen molar-refractivity contribution < 1.29 is 0 Å². The molecule has 8 aromatic rings.